The van der Waals surface area contributed by atoms with Gasteiger partial charge in [-0.3, -0.25) is 0 Å². The van der Waals surface area contributed by atoms with E-state index < -0.39 is 0 Å². The fraction of sp³-hybridized carbons (Fsp3) is 0.435. The Bertz CT molecular complexity index is 1100. The molecule has 3 aromatic rings. The van der Waals surface area contributed by atoms with E-state index in [4.69, 9.17) is 9.51 Å². The van der Waals surface area contributed by atoms with Crippen LogP contribution in [0.1, 0.15) is 36.8 Å². The number of anilines is 3. The molecule has 1 N–H and O–H groups in total. The fourth-order valence-corrected chi connectivity index (χ4v) is 4.29. The van der Waals surface area contributed by atoms with Crippen LogP contribution in [0.25, 0.3) is 11.3 Å². The van der Waals surface area contributed by atoms with Crippen molar-refractivity contribution in [2.45, 2.75) is 32.6 Å². The van der Waals surface area contributed by atoms with Gasteiger partial charge in [-0.2, -0.15) is 0 Å². The first-order chi connectivity index (χ1) is 15.0. The second-order valence-electron chi connectivity index (χ2n) is 8.67. The Balaban J connectivity index is 1.40. The highest BCUT2D eigenvalue weighted by atomic mass is 19.1. The first kappa shape index (κ1) is 19.9. The van der Waals surface area contributed by atoms with Crippen molar-refractivity contribution in [2.24, 2.45) is 0 Å². The summed E-state index contributed by atoms with van der Waals surface area (Å²) in [6, 6.07) is 5.22. The summed E-state index contributed by atoms with van der Waals surface area (Å²) in [7, 11) is 2.09. The molecule has 0 unspecified atom stereocenters. The van der Waals surface area contributed by atoms with Crippen molar-refractivity contribution in [2.75, 3.05) is 43.4 Å². The topological polar surface area (TPSA) is 70.3 Å². The maximum absolute atomic E-state index is 14.8. The number of likely N-dealkylation sites (N-methyl/N-ethyl adjacent to an activating group) is 1. The predicted molar refractivity (Wildman–Crippen MR) is 118 cm³/mol. The molecule has 31 heavy (non-hydrogen) atoms. The molecular weight excluding hydrogens is 395 g/mol. The van der Waals surface area contributed by atoms with Gasteiger partial charge in [0.05, 0.1) is 22.6 Å². The quantitative estimate of drug-likeness (QED) is 0.682. The molecule has 0 spiro atoms. The lowest BCUT2D eigenvalue weighted by Gasteiger charge is -2.34. The van der Waals surface area contributed by atoms with E-state index in [1.165, 1.54) is 6.07 Å². The van der Waals surface area contributed by atoms with Gasteiger partial charge < -0.3 is 19.6 Å². The van der Waals surface area contributed by atoms with Gasteiger partial charge in [0.2, 0.25) is 5.95 Å². The summed E-state index contributed by atoms with van der Waals surface area (Å²) in [6.45, 7) is 7.72. The number of piperazine rings is 1. The molecule has 0 radical (unpaired) electrons. The Morgan fingerprint density at radius 1 is 1.13 bits per heavy atom. The largest absolute Gasteiger partial charge is 0.367 e. The van der Waals surface area contributed by atoms with E-state index in [0.29, 0.717) is 17.3 Å². The molecule has 162 valence electrons. The van der Waals surface area contributed by atoms with Gasteiger partial charge in [-0.15, -0.1) is 0 Å². The summed E-state index contributed by atoms with van der Waals surface area (Å²) < 4.78 is 20.4. The van der Waals surface area contributed by atoms with Crippen LogP contribution in [0.4, 0.5) is 21.7 Å². The van der Waals surface area contributed by atoms with Crippen LogP contribution in [-0.2, 0) is 12.8 Å². The normalized spacial score (nSPS) is 16.4. The lowest BCUT2D eigenvalue weighted by atomic mass is 9.91. The number of benzene rings is 1. The molecule has 0 atom stereocenters. The Labute approximate surface area is 181 Å². The molecule has 2 aliphatic rings. The zero-order valence-electron chi connectivity index (χ0n) is 18.2. The number of aryl methyl sites for hydroxylation is 2. The van der Waals surface area contributed by atoms with Crippen molar-refractivity contribution < 1.29 is 8.91 Å². The Kier molecular flexibility index (Phi) is 5.09. The minimum atomic E-state index is -0.240. The third-order valence-electron chi connectivity index (χ3n) is 6.11. The molecule has 8 heteroatoms. The maximum Gasteiger partial charge on any atom is 0.227 e. The monoisotopic (exact) mass is 422 g/mol. The molecule has 3 heterocycles. The van der Waals surface area contributed by atoms with Crippen LogP contribution in [0, 0.1) is 5.82 Å². The Morgan fingerprint density at radius 3 is 2.68 bits per heavy atom. The summed E-state index contributed by atoms with van der Waals surface area (Å²) >= 11 is 0. The van der Waals surface area contributed by atoms with E-state index in [2.05, 4.69) is 46.2 Å². The summed E-state index contributed by atoms with van der Waals surface area (Å²) in [5.41, 5.74) is 5.11. The van der Waals surface area contributed by atoms with E-state index >= 15 is 0 Å². The highest BCUT2D eigenvalue weighted by Crippen LogP contribution is 2.38. The van der Waals surface area contributed by atoms with Crippen LogP contribution in [0.15, 0.2) is 28.9 Å². The van der Waals surface area contributed by atoms with Gasteiger partial charge in [-0.1, -0.05) is 19.0 Å². The second kappa shape index (κ2) is 7.92. The standard InChI is InChI=1S/C23H27FN6O/c1-14(2)21-20-19(31-28-21)7-4-15-13-25-23(27-22(15)20)26-16-5-6-18(17(24)12-16)30-10-8-29(3)9-11-30/h5-6,12-14H,4,7-11H2,1-3H3,(H,25,26,27). The van der Waals surface area contributed by atoms with Gasteiger partial charge in [0.25, 0.3) is 0 Å². The van der Waals surface area contributed by atoms with Gasteiger partial charge in [0, 0.05) is 44.5 Å². The number of nitrogens with one attached hydrogen (secondary N) is 1. The third-order valence-corrected chi connectivity index (χ3v) is 6.11. The lowest BCUT2D eigenvalue weighted by Crippen LogP contribution is -2.44. The number of hydrogen-bond donors (Lipinski definition) is 1. The van der Waals surface area contributed by atoms with Crippen molar-refractivity contribution in [3.8, 4) is 11.3 Å². The highest BCUT2D eigenvalue weighted by Gasteiger charge is 2.28. The maximum atomic E-state index is 14.8. The lowest BCUT2D eigenvalue weighted by molar-refractivity contribution is 0.311. The minimum Gasteiger partial charge on any atom is -0.367 e. The van der Waals surface area contributed by atoms with Gasteiger partial charge >= 0.3 is 0 Å². The van der Waals surface area contributed by atoms with E-state index in [9.17, 15) is 4.39 Å². The minimum absolute atomic E-state index is 0.237. The van der Waals surface area contributed by atoms with Crippen molar-refractivity contribution in [3.63, 3.8) is 0 Å². The van der Waals surface area contributed by atoms with Crippen molar-refractivity contribution in [3.05, 3.63) is 47.2 Å². The fourth-order valence-electron chi connectivity index (χ4n) is 4.29. The molecule has 0 saturated carbocycles. The zero-order valence-corrected chi connectivity index (χ0v) is 18.2. The molecule has 0 amide bonds. The second-order valence-corrected chi connectivity index (χ2v) is 8.67. The molecule has 7 nitrogen and oxygen atoms in total. The van der Waals surface area contributed by atoms with Crippen LogP contribution >= 0.6 is 0 Å². The van der Waals surface area contributed by atoms with Crippen molar-refractivity contribution >= 4 is 17.3 Å². The van der Waals surface area contributed by atoms with Crippen LogP contribution in [0.2, 0.25) is 0 Å². The van der Waals surface area contributed by atoms with Gasteiger partial charge in [-0.05, 0) is 43.1 Å². The first-order valence-corrected chi connectivity index (χ1v) is 10.8. The molecule has 1 aliphatic heterocycles. The predicted octanol–water partition coefficient (Wildman–Crippen LogP) is 3.99. The number of rotatable bonds is 4. The van der Waals surface area contributed by atoms with E-state index in [1.54, 1.807) is 0 Å². The van der Waals surface area contributed by atoms with E-state index in [-0.39, 0.29) is 11.7 Å². The smallest absolute Gasteiger partial charge is 0.227 e. The summed E-state index contributed by atoms with van der Waals surface area (Å²) in [5, 5.41) is 7.43. The van der Waals surface area contributed by atoms with E-state index in [1.807, 2.05) is 18.3 Å². The van der Waals surface area contributed by atoms with E-state index in [0.717, 1.165) is 67.3 Å². The van der Waals surface area contributed by atoms with Crippen LogP contribution in [-0.4, -0.2) is 53.3 Å². The molecule has 0 bridgehead atoms. The number of hydrogen-bond acceptors (Lipinski definition) is 7. The summed E-state index contributed by atoms with van der Waals surface area (Å²) in [6.07, 6.45) is 3.47. The molecule has 1 aromatic carbocycles. The first-order valence-electron chi connectivity index (χ1n) is 10.8. The summed E-state index contributed by atoms with van der Waals surface area (Å²) in [5.74, 6) is 1.31. The van der Waals surface area contributed by atoms with Crippen LogP contribution < -0.4 is 10.2 Å². The Morgan fingerprint density at radius 2 is 1.94 bits per heavy atom. The molecule has 1 aliphatic carbocycles. The van der Waals surface area contributed by atoms with Gasteiger partial charge in [0.15, 0.2) is 0 Å². The SMILES string of the molecule is CC(C)c1noc2c1-c1nc(Nc3ccc(N4CCN(C)CC4)c(F)c3)ncc1CC2. The average Bonchev–Trinajstić information content (AvgIpc) is 3.20. The van der Waals surface area contributed by atoms with Crippen molar-refractivity contribution in [1.82, 2.24) is 20.0 Å². The number of aromatic nitrogens is 3. The van der Waals surface area contributed by atoms with Crippen LogP contribution in [0.3, 0.4) is 0 Å². The Hall–Kier alpha value is -3.00. The molecule has 1 saturated heterocycles. The number of halogens is 1. The zero-order chi connectivity index (χ0) is 21.5. The molecule has 2 aromatic heterocycles. The third kappa shape index (κ3) is 3.76. The number of fused-ring (bicyclic) bond motifs is 3. The van der Waals surface area contributed by atoms with Crippen LogP contribution in [0.5, 0.6) is 0 Å². The average molecular weight is 423 g/mol. The summed E-state index contributed by atoms with van der Waals surface area (Å²) in [4.78, 5) is 13.6. The molecule has 5 rings (SSSR count). The molecule has 1 fully saturated rings. The van der Waals surface area contributed by atoms with Crippen molar-refractivity contribution in [1.29, 1.82) is 0 Å². The van der Waals surface area contributed by atoms with Gasteiger partial charge in [0.1, 0.15) is 11.6 Å². The van der Waals surface area contributed by atoms with Gasteiger partial charge in [-0.25, -0.2) is 14.4 Å². The highest BCUT2D eigenvalue weighted by molar-refractivity contribution is 5.72. The molecular formula is C23H27FN6O. The number of nitrogens with zero attached hydrogens (tertiary/aromatic N) is 5.